The van der Waals surface area contributed by atoms with Crippen molar-refractivity contribution in [2.45, 2.75) is 25.7 Å². The van der Waals surface area contributed by atoms with Crippen molar-refractivity contribution in [3.05, 3.63) is 18.3 Å². The first-order valence-electron chi connectivity index (χ1n) is 7.39. The molecule has 112 valence electrons. The monoisotopic (exact) mass is 291 g/mol. The Hall–Kier alpha value is -1.89. The van der Waals surface area contributed by atoms with Gasteiger partial charge in [-0.3, -0.25) is 0 Å². The van der Waals surface area contributed by atoms with E-state index in [-0.39, 0.29) is 0 Å². The molecule has 0 N–H and O–H groups in total. The molecule has 0 amide bonds. The van der Waals surface area contributed by atoms with Crippen molar-refractivity contribution >= 4 is 6.01 Å². The quantitative estimate of drug-likeness (QED) is 0.862. The van der Waals surface area contributed by atoms with Crippen LogP contribution in [0.2, 0.25) is 0 Å². The number of fused-ring (bicyclic) bond motifs is 4. The van der Waals surface area contributed by atoms with Gasteiger partial charge in [-0.25, -0.2) is 4.39 Å². The predicted molar refractivity (Wildman–Crippen MR) is 75.6 cm³/mol. The van der Waals surface area contributed by atoms with Crippen LogP contribution in [0, 0.1) is 0 Å². The fraction of sp³-hybridized carbons (Fsp3) is 0.571. The van der Waals surface area contributed by atoms with Crippen LogP contribution in [0.3, 0.4) is 0 Å². The van der Waals surface area contributed by atoms with Crippen LogP contribution in [-0.2, 0) is 6.80 Å². The van der Waals surface area contributed by atoms with Crippen LogP contribution < -0.4 is 4.90 Å². The number of nitrogens with zero attached hydrogens (tertiary/aromatic N) is 5. The molecule has 0 radical (unpaired) electrons. The molecule has 0 aliphatic carbocycles. The van der Waals surface area contributed by atoms with Crippen LogP contribution in [0.15, 0.2) is 22.7 Å². The van der Waals surface area contributed by atoms with Crippen molar-refractivity contribution in [2.24, 2.45) is 0 Å². The molecule has 3 saturated heterocycles. The van der Waals surface area contributed by atoms with Crippen LogP contribution in [0.4, 0.5) is 10.4 Å². The number of aromatic nitrogens is 3. The molecule has 2 aromatic rings. The van der Waals surface area contributed by atoms with Crippen molar-refractivity contribution < 1.29 is 8.81 Å². The Morgan fingerprint density at radius 2 is 2.05 bits per heavy atom. The van der Waals surface area contributed by atoms with E-state index < -0.39 is 6.80 Å². The maximum atomic E-state index is 12.9. The second-order valence-corrected chi connectivity index (χ2v) is 5.64. The summed E-state index contributed by atoms with van der Waals surface area (Å²) >= 11 is 0. The van der Waals surface area contributed by atoms with Crippen molar-refractivity contribution in [3.63, 3.8) is 0 Å². The zero-order chi connectivity index (χ0) is 14.2. The topological polar surface area (TPSA) is 50.3 Å². The van der Waals surface area contributed by atoms with E-state index >= 15 is 0 Å². The molecule has 7 heteroatoms. The number of anilines is 1. The van der Waals surface area contributed by atoms with Crippen molar-refractivity contribution in [1.82, 2.24) is 19.7 Å². The average Bonchev–Trinajstić information content (AvgIpc) is 3.09. The fourth-order valence-electron chi connectivity index (χ4n) is 3.29. The molecule has 3 aliphatic heterocycles. The first-order chi connectivity index (χ1) is 10.3. The lowest BCUT2D eigenvalue weighted by molar-refractivity contribution is 0.249. The number of rotatable bonds is 3. The number of hydrogen-bond acceptors (Lipinski definition) is 5. The summed E-state index contributed by atoms with van der Waals surface area (Å²) < 4.78 is 20.2. The summed E-state index contributed by atoms with van der Waals surface area (Å²) in [7, 11) is 0. The first kappa shape index (κ1) is 12.8. The zero-order valence-corrected chi connectivity index (χ0v) is 11.8. The maximum Gasteiger partial charge on any atom is 0.318 e. The number of hydrogen-bond donors (Lipinski definition) is 0. The van der Waals surface area contributed by atoms with E-state index in [1.165, 1.54) is 4.57 Å². The minimum Gasteiger partial charge on any atom is -0.402 e. The summed E-state index contributed by atoms with van der Waals surface area (Å²) in [5.41, 5.74) is 0.624. The van der Waals surface area contributed by atoms with Gasteiger partial charge in [0.1, 0.15) is 5.69 Å². The molecule has 5 heterocycles. The van der Waals surface area contributed by atoms with Gasteiger partial charge in [-0.2, -0.15) is 0 Å². The largest absolute Gasteiger partial charge is 0.402 e. The second kappa shape index (κ2) is 5.14. The van der Waals surface area contributed by atoms with Crippen LogP contribution in [0.5, 0.6) is 0 Å². The van der Waals surface area contributed by atoms with E-state index in [1.807, 2.05) is 0 Å². The van der Waals surface area contributed by atoms with Gasteiger partial charge in [-0.1, -0.05) is 5.10 Å². The highest BCUT2D eigenvalue weighted by atomic mass is 19.1. The third-order valence-corrected chi connectivity index (χ3v) is 4.49. The number of piperidine rings is 1. The first-order valence-corrected chi connectivity index (χ1v) is 7.39. The Kier molecular flexibility index (Phi) is 3.14. The Morgan fingerprint density at radius 1 is 1.19 bits per heavy atom. The van der Waals surface area contributed by atoms with E-state index in [0.717, 1.165) is 39.0 Å². The van der Waals surface area contributed by atoms with Gasteiger partial charge in [-0.15, -0.1) is 5.10 Å². The van der Waals surface area contributed by atoms with Gasteiger partial charge in [0.15, 0.2) is 6.80 Å². The molecule has 3 fully saturated rings. The molecule has 0 saturated carbocycles. The molecule has 0 atom stereocenters. The zero-order valence-electron chi connectivity index (χ0n) is 11.8. The molecular formula is C14H18FN5O. The fourth-order valence-corrected chi connectivity index (χ4v) is 3.29. The van der Waals surface area contributed by atoms with Gasteiger partial charge in [0, 0.05) is 38.4 Å². The van der Waals surface area contributed by atoms with Crippen molar-refractivity contribution in [3.8, 4) is 11.6 Å². The molecule has 5 rings (SSSR count). The van der Waals surface area contributed by atoms with Crippen LogP contribution in [0.1, 0.15) is 12.8 Å². The van der Waals surface area contributed by atoms with Gasteiger partial charge in [0.2, 0.25) is 0 Å². The second-order valence-electron chi connectivity index (χ2n) is 5.64. The van der Waals surface area contributed by atoms with Crippen LogP contribution >= 0.6 is 0 Å². The SMILES string of the molecule is FCn1cccc1-c1nnc(N2CCN3CCC2CC3)o1. The van der Waals surface area contributed by atoms with Crippen LogP contribution in [0.25, 0.3) is 11.6 Å². The minimum absolute atomic E-state index is 0.381. The number of alkyl halides is 1. The lowest BCUT2D eigenvalue weighted by Gasteiger charge is -2.29. The van der Waals surface area contributed by atoms with Crippen molar-refractivity contribution in [2.75, 3.05) is 31.1 Å². The summed E-state index contributed by atoms with van der Waals surface area (Å²) in [6, 6.07) is 4.60. The standard InChI is InChI=1S/C14H18FN5O/c15-10-19-5-1-2-12(19)13-16-17-14(21-13)20-9-8-18-6-3-11(20)4-7-18/h1-2,5,11H,3-4,6-10H2. The van der Waals surface area contributed by atoms with Gasteiger partial charge in [-0.05, 0) is 25.0 Å². The third kappa shape index (κ3) is 2.21. The highest BCUT2D eigenvalue weighted by molar-refractivity contribution is 5.49. The number of halogens is 1. The molecule has 0 aromatic carbocycles. The average molecular weight is 291 g/mol. The predicted octanol–water partition coefficient (Wildman–Crippen LogP) is 1.75. The molecule has 3 aliphatic rings. The van der Waals surface area contributed by atoms with E-state index in [2.05, 4.69) is 20.0 Å². The highest BCUT2D eigenvalue weighted by Gasteiger charge is 2.32. The lowest BCUT2D eigenvalue weighted by atomic mass is 10.1. The normalized spacial score (nSPS) is 25.3. The van der Waals surface area contributed by atoms with Gasteiger partial charge < -0.3 is 18.8 Å². The smallest absolute Gasteiger partial charge is 0.318 e. The molecular weight excluding hydrogens is 273 g/mol. The summed E-state index contributed by atoms with van der Waals surface area (Å²) in [5, 5.41) is 8.28. The summed E-state index contributed by atoms with van der Waals surface area (Å²) in [4.78, 5) is 4.69. The van der Waals surface area contributed by atoms with E-state index in [0.29, 0.717) is 23.6 Å². The summed E-state index contributed by atoms with van der Waals surface area (Å²) in [6.45, 7) is 3.65. The molecule has 6 nitrogen and oxygen atoms in total. The Bertz CT molecular complexity index is 616. The minimum atomic E-state index is -0.596. The molecule has 2 aromatic heterocycles. The Morgan fingerprint density at radius 3 is 2.86 bits per heavy atom. The van der Waals surface area contributed by atoms with E-state index in [9.17, 15) is 4.39 Å². The Balaban J connectivity index is 1.62. The maximum absolute atomic E-state index is 12.9. The van der Waals surface area contributed by atoms with Crippen molar-refractivity contribution in [1.29, 1.82) is 0 Å². The molecule has 0 spiro atoms. The van der Waals surface area contributed by atoms with Crippen LogP contribution in [-0.4, -0.2) is 51.9 Å². The highest BCUT2D eigenvalue weighted by Crippen LogP contribution is 2.28. The third-order valence-electron chi connectivity index (χ3n) is 4.49. The van der Waals surface area contributed by atoms with Gasteiger partial charge in [0.25, 0.3) is 5.89 Å². The lowest BCUT2D eigenvalue weighted by Crippen LogP contribution is -2.38. The van der Waals surface area contributed by atoms with E-state index in [1.54, 1.807) is 18.3 Å². The molecule has 0 unspecified atom stereocenters. The Labute approximate surface area is 122 Å². The van der Waals surface area contributed by atoms with E-state index in [4.69, 9.17) is 4.42 Å². The molecule has 2 bridgehead atoms. The summed E-state index contributed by atoms with van der Waals surface area (Å²) in [6.07, 6.45) is 3.94. The van der Waals surface area contributed by atoms with Gasteiger partial charge in [0.05, 0.1) is 0 Å². The molecule has 21 heavy (non-hydrogen) atoms. The van der Waals surface area contributed by atoms with Gasteiger partial charge >= 0.3 is 6.01 Å². The summed E-state index contributed by atoms with van der Waals surface area (Å²) in [5.74, 6) is 0.381.